The van der Waals surface area contributed by atoms with Crippen LogP contribution in [0.4, 0.5) is 0 Å². The Kier molecular flexibility index (Phi) is 5.54. The van der Waals surface area contributed by atoms with E-state index in [1.807, 2.05) is 60.7 Å². The number of benzene rings is 3. The van der Waals surface area contributed by atoms with Gasteiger partial charge in [0.1, 0.15) is 6.61 Å². The Bertz CT molecular complexity index is 1240. The molecule has 3 aromatic rings. The van der Waals surface area contributed by atoms with Gasteiger partial charge < -0.3 is 4.84 Å². The third kappa shape index (κ3) is 4.19. The van der Waals surface area contributed by atoms with E-state index in [9.17, 15) is 8.42 Å². The fraction of sp³-hybridized carbons (Fsp3) is 0.192. The number of hydrogen-bond donors (Lipinski definition) is 0. The monoisotopic (exact) mass is 431 g/mol. The fourth-order valence-corrected chi connectivity index (χ4v) is 4.59. The van der Waals surface area contributed by atoms with E-state index in [2.05, 4.69) is 31.1 Å². The highest BCUT2D eigenvalue weighted by molar-refractivity contribution is 7.90. The third-order valence-electron chi connectivity index (χ3n) is 5.57. The van der Waals surface area contributed by atoms with Gasteiger partial charge in [0.05, 0.1) is 10.6 Å². The molecule has 0 spiro atoms. The molecule has 0 unspecified atom stereocenters. The van der Waals surface area contributed by atoms with Crippen LogP contribution in [0.25, 0.3) is 11.1 Å². The van der Waals surface area contributed by atoms with E-state index in [0.29, 0.717) is 11.5 Å². The Morgan fingerprint density at radius 3 is 1.97 bits per heavy atom. The molecule has 0 atom stereocenters. The number of oxime groups is 1. The van der Waals surface area contributed by atoms with Crippen LogP contribution in [-0.4, -0.2) is 20.4 Å². The lowest BCUT2D eigenvalue weighted by molar-refractivity contribution is 0.128. The normalized spacial score (nSPS) is 16.8. The van der Waals surface area contributed by atoms with E-state index in [1.54, 1.807) is 12.1 Å². The number of allylic oxidation sites excluding steroid dienone is 2. The van der Waals surface area contributed by atoms with Crippen molar-refractivity contribution in [2.24, 2.45) is 10.6 Å². The Morgan fingerprint density at radius 2 is 1.39 bits per heavy atom. The van der Waals surface area contributed by atoms with Gasteiger partial charge in [0, 0.05) is 17.2 Å². The summed E-state index contributed by atoms with van der Waals surface area (Å²) in [7, 11) is -3.25. The summed E-state index contributed by atoms with van der Waals surface area (Å²) in [6.45, 7) is 4.66. The molecule has 4 nitrogen and oxygen atoms in total. The summed E-state index contributed by atoms with van der Waals surface area (Å²) >= 11 is 0. The minimum atomic E-state index is -3.25. The zero-order valence-corrected chi connectivity index (χ0v) is 18.7. The van der Waals surface area contributed by atoms with Gasteiger partial charge in [-0.1, -0.05) is 78.0 Å². The average Bonchev–Trinajstić information content (AvgIpc) is 2.76. The number of sulfone groups is 1. The number of nitrogens with zero attached hydrogens (tertiary/aromatic N) is 1. The van der Waals surface area contributed by atoms with Gasteiger partial charge in [-0.05, 0) is 48.2 Å². The van der Waals surface area contributed by atoms with E-state index in [-0.39, 0.29) is 5.41 Å². The molecular weight excluding hydrogens is 406 g/mol. The van der Waals surface area contributed by atoms with Crippen molar-refractivity contribution in [2.75, 3.05) is 6.26 Å². The maximum Gasteiger partial charge on any atom is 0.175 e. The molecule has 4 rings (SSSR count). The highest BCUT2D eigenvalue weighted by Crippen LogP contribution is 2.53. The van der Waals surface area contributed by atoms with Gasteiger partial charge in [-0.15, -0.1) is 0 Å². The van der Waals surface area contributed by atoms with Crippen molar-refractivity contribution in [3.05, 3.63) is 102 Å². The zero-order valence-electron chi connectivity index (χ0n) is 17.9. The smallest absolute Gasteiger partial charge is 0.175 e. The Labute approximate surface area is 183 Å². The SMILES string of the molecule is CC1(C)C(=NOCc2ccccc2)C(c2ccc(S(C)(=O)=O)cc2)=C1c1ccccc1. The summed E-state index contributed by atoms with van der Waals surface area (Å²) in [4.78, 5) is 6.03. The van der Waals surface area contributed by atoms with Crippen LogP contribution in [0.15, 0.2) is 95.0 Å². The topological polar surface area (TPSA) is 55.7 Å². The van der Waals surface area contributed by atoms with E-state index in [4.69, 9.17) is 4.84 Å². The van der Waals surface area contributed by atoms with Crippen molar-refractivity contribution in [2.45, 2.75) is 25.3 Å². The van der Waals surface area contributed by atoms with Gasteiger partial charge in [0.25, 0.3) is 0 Å². The molecule has 158 valence electrons. The first-order chi connectivity index (χ1) is 14.8. The highest BCUT2D eigenvalue weighted by Gasteiger charge is 2.45. The van der Waals surface area contributed by atoms with Crippen molar-refractivity contribution < 1.29 is 13.3 Å². The molecule has 1 aliphatic carbocycles. The summed E-state index contributed by atoms with van der Waals surface area (Å²) in [6, 6.07) is 27.1. The van der Waals surface area contributed by atoms with Crippen LogP contribution in [-0.2, 0) is 21.3 Å². The van der Waals surface area contributed by atoms with Gasteiger partial charge in [-0.25, -0.2) is 8.42 Å². The molecule has 3 aromatic carbocycles. The van der Waals surface area contributed by atoms with Gasteiger partial charge in [0.15, 0.2) is 9.84 Å². The summed E-state index contributed by atoms with van der Waals surface area (Å²) in [6.07, 6.45) is 1.22. The molecule has 0 bridgehead atoms. The maximum absolute atomic E-state index is 11.9. The molecule has 0 heterocycles. The number of hydrogen-bond acceptors (Lipinski definition) is 4. The predicted octanol–water partition coefficient (Wildman–Crippen LogP) is 5.61. The quantitative estimate of drug-likeness (QED) is 0.477. The molecule has 31 heavy (non-hydrogen) atoms. The van der Waals surface area contributed by atoms with Crippen LogP contribution in [0.2, 0.25) is 0 Å². The molecule has 0 saturated heterocycles. The van der Waals surface area contributed by atoms with E-state index >= 15 is 0 Å². The van der Waals surface area contributed by atoms with Gasteiger partial charge >= 0.3 is 0 Å². The van der Waals surface area contributed by atoms with Gasteiger partial charge in [0.2, 0.25) is 0 Å². The first-order valence-corrected chi connectivity index (χ1v) is 12.0. The van der Waals surface area contributed by atoms with E-state index < -0.39 is 9.84 Å². The molecule has 0 saturated carbocycles. The second kappa shape index (κ2) is 8.16. The van der Waals surface area contributed by atoms with Crippen LogP contribution in [0.5, 0.6) is 0 Å². The third-order valence-corrected chi connectivity index (χ3v) is 6.70. The first-order valence-electron chi connectivity index (χ1n) is 10.1. The van der Waals surface area contributed by atoms with Crippen LogP contribution in [0.1, 0.15) is 30.5 Å². The first kappa shape index (κ1) is 21.1. The molecule has 1 aliphatic rings. The van der Waals surface area contributed by atoms with Crippen molar-refractivity contribution in [1.29, 1.82) is 0 Å². The summed E-state index contributed by atoms with van der Waals surface area (Å²) in [5, 5.41) is 4.52. The zero-order chi connectivity index (χ0) is 22.1. The predicted molar refractivity (Wildman–Crippen MR) is 125 cm³/mol. The lowest BCUT2D eigenvalue weighted by Gasteiger charge is -2.42. The fourth-order valence-electron chi connectivity index (χ4n) is 3.96. The lowest BCUT2D eigenvalue weighted by Crippen LogP contribution is -2.38. The number of rotatable bonds is 6. The Hall–Kier alpha value is -3.18. The molecule has 0 amide bonds. The van der Waals surface area contributed by atoms with Gasteiger partial charge in [-0.3, -0.25) is 0 Å². The summed E-state index contributed by atoms with van der Waals surface area (Å²) in [5.74, 6) is 0. The summed E-state index contributed by atoms with van der Waals surface area (Å²) < 4.78 is 23.7. The minimum Gasteiger partial charge on any atom is -0.391 e. The Morgan fingerprint density at radius 1 is 0.806 bits per heavy atom. The molecule has 0 fully saturated rings. The molecule has 5 heteroatoms. The Balaban J connectivity index is 1.75. The summed E-state index contributed by atoms with van der Waals surface area (Å²) in [5.41, 5.74) is 5.81. The molecular formula is C26H25NO3S. The van der Waals surface area contributed by atoms with Crippen molar-refractivity contribution in [3.8, 4) is 0 Å². The lowest BCUT2D eigenvalue weighted by atomic mass is 9.60. The standard InChI is InChI=1S/C26H25NO3S/c1-26(2)24(21-12-8-5-9-13-21)23(20-14-16-22(17-15-20)31(3,28)29)25(26)27-30-18-19-10-6-4-7-11-19/h4-17H,18H2,1-3H3. The van der Waals surface area contributed by atoms with E-state index in [1.165, 1.54) is 11.8 Å². The molecule has 0 aromatic heterocycles. The van der Waals surface area contributed by atoms with Crippen molar-refractivity contribution >= 4 is 26.7 Å². The van der Waals surface area contributed by atoms with Crippen LogP contribution in [0.3, 0.4) is 0 Å². The maximum atomic E-state index is 11.9. The largest absolute Gasteiger partial charge is 0.391 e. The molecule has 0 aliphatic heterocycles. The second-order valence-corrected chi connectivity index (χ2v) is 10.3. The minimum absolute atomic E-state index is 0.301. The molecule has 0 N–H and O–H groups in total. The second-order valence-electron chi connectivity index (χ2n) is 8.24. The van der Waals surface area contributed by atoms with Crippen molar-refractivity contribution in [1.82, 2.24) is 0 Å². The van der Waals surface area contributed by atoms with E-state index in [0.717, 1.165) is 28.0 Å². The van der Waals surface area contributed by atoms with Crippen LogP contribution in [0, 0.1) is 5.41 Å². The van der Waals surface area contributed by atoms with Crippen LogP contribution >= 0.6 is 0 Å². The highest BCUT2D eigenvalue weighted by atomic mass is 32.2. The van der Waals surface area contributed by atoms with Crippen LogP contribution < -0.4 is 0 Å². The average molecular weight is 432 g/mol. The van der Waals surface area contributed by atoms with Crippen molar-refractivity contribution in [3.63, 3.8) is 0 Å². The molecule has 0 radical (unpaired) electrons. The van der Waals surface area contributed by atoms with Gasteiger partial charge in [-0.2, -0.15) is 0 Å².